The summed E-state index contributed by atoms with van der Waals surface area (Å²) < 4.78 is 0. The molecule has 2 aromatic rings. The van der Waals surface area contributed by atoms with Crippen molar-refractivity contribution in [1.29, 1.82) is 0 Å². The SMILES string of the molecule is Cc1[nH]nc(-c2cccs2)c1CCC(N)=O. The fraction of sp³-hybridized carbons (Fsp3) is 0.273. The molecule has 0 unspecified atom stereocenters. The van der Waals surface area contributed by atoms with Gasteiger partial charge in [0, 0.05) is 17.7 Å². The van der Waals surface area contributed by atoms with E-state index in [0.717, 1.165) is 21.8 Å². The molecule has 0 radical (unpaired) electrons. The number of nitrogens with one attached hydrogen (secondary N) is 1. The number of thiophene rings is 1. The van der Waals surface area contributed by atoms with Crippen molar-refractivity contribution in [2.24, 2.45) is 5.73 Å². The number of carbonyl (C=O) groups excluding carboxylic acids is 1. The monoisotopic (exact) mass is 235 g/mol. The third-order valence-electron chi connectivity index (χ3n) is 2.45. The van der Waals surface area contributed by atoms with Crippen LogP contribution in [-0.4, -0.2) is 16.1 Å². The third kappa shape index (κ3) is 2.14. The van der Waals surface area contributed by atoms with E-state index < -0.39 is 0 Å². The van der Waals surface area contributed by atoms with Gasteiger partial charge >= 0.3 is 0 Å². The van der Waals surface area contributed by atoms with Crippen LogP contribution in [0.15, 0.2) is 17.5 Å². The number of amides is 1. The lowest BCUT2D eigenvalue weighted by atomic mass is 10.1. The number of rotatable bonds is 4. The average Bonchev–Trinajstić information content (AvgIpc) is 2.83. The molecule has 4 nitrogen and oxygen atoms in total. The van der Waals surface area contributed by atoms with E-state index in [-0.39, 0.29) is 5.91 Å². The number of hydrogen-bond donors (Lipinski definition) is 2. The molecule has 0 saturated carbocycles. The van der Waals surface area contributed by atoms with Crippen LogP contribution in [0.25, 0.3) is 10.6 Å². The zero-order valence-corrected chi connectivity index (χ0v) is 9.80. The van der Waals surface area contributed by atoms with Crippen molar-refractivity contribution in [3.05, 3.63) is 28.8 Å². The van der Waals surface area contributed by atoms with Crippen molar-refractivity contribution in [3.8, 4) is 10.6 Å². The number of nitrogens with zero attached hydrogens (tertiary/aromatic N) is 1. The zero-order valence-electron chi connectivity index (χ0n) is 8.99. The van der Waals surface area contributed by atoms with E-state index in [4.69, 9.17) is 5.73 Å². The second-order valence-corrected chi connectivity index (χ2v) is 4.57. The Bertz CT molecular complexity index is 487. The van der Waals surface area contributed by atoms with E-state index in [1.165, 1.54) is 0 Å². The first kappa shape index (κ1) is 10.9. The molecule has 0 aliphatic heterocycles. The zero-order chi connectivity index (χ0) is 11.5. The van der Waals surface area contributed by atoms with Gasteiger partial charge in [-0.2, -0.15) is 5.10 Å². The van der Waals surface area contributed by atoms with Gasteiger partial charge in [0.05, 0.1) is 4.88 Å². The van der Waals surface area contributed by atoms with Crippen molar-refractivity contribution in [1.82, 2.24) is 10.2 Å². The Kier molecular flexibility index (Phi) is 3.05. The summed E-state index contributed by atoms with van der Waals surface area (Å²) in [6, 6.07) is 4.01. The topological polar surface area (TPSA) is 71.8 Å². The van der Waals surface area contributed by atoms with Gasteiger partial charge in [0.25, 0.3) is 0 Å². The molecule has 0 saturated heterocycles. The molecule has 2 rings (SSSR count). The maximum absolute atomic E-state index is 10.8. The first-order valence-corrected chi connectivity index (χ1v) is 5.92. The molecular formula is C11H13N3OS. The molecule has 0 atom stereocenters. The Morgan fingerprint density at radius 3 is 3.06 bits per heavy atom. The lowest BCUT2D eigenvalue weighted by Gasteiger charge is -2.00. The van der Waals surface area contributed by atoms with E-state index in [1.807, 2.05) is 24.4 Å². The number of nitrogens with two attached hydrogens (primary N) is 1. The number of H-pyrrole nitrogens is 1. The number of aromatic nitrogens is 2. The molecule has 2 aromatic heterocycles. The first-order valence-electron chi connectivity index (χ1n) is 5.04. The van der Waals surface area contributed by atoms with Crippen molar-refractivity contribution in [2.75, 3.05) is 0 Å². The Labute approximate surface area is 97.5 Å². The minimum Gasteiger partial charge on any atom is -0.370 e. The molecule has 84 valence electrons. The Morgan fingerprint density at radius 2 is 2.44 bits per heavy atom. The summed E-state index contributed by atoms with van der Waals surface area (Å²) >= 11 is 1.64. The van der Waals surface area contributed by atoms with E-state index in [1.54, 1.807) is 11.3 Å². The second-order valence-electron chi connectivity index (χ2n) is 3.62. The fourth-order valence-corrected chi connectivity index (χ4v) is 2.36. The standard InChI is InChI=1S/C11H13N3OS/c1-7-8(4-5-10(12)15)11(14-13-7)9-3-2-6-16-9/h2-3,6H,4-5H2,1H3,(H2,12,15)(H,13,14). The van der Waals surface area contributed by atoms with Crippen molar-refractivity contribution in [2.45, 2.75) is 19.8 Å². The highest BCUT2D eigenvalue weighted by molar-refractivity contribution is 7.13. The smallest absolute Gasteiger partial charge is 0.217 e. The predicted molar refractivity (Wildman–Crippen MR) is 64.2 cm³/mol. The molecule has 3 N–H and O–H groups in total. The highest BCUT2D eigenvalue weighted by atomic mass is 32.1. The molecule has 5 heteroatoms. The number of hydrogen-bond acceptors (Lipinski definition) is 3. The van der Waals surface area contributed by atoms with Gasteiger partial charge in [-0.05, 0) is 24.8 Å². The number of aryl methyl sites for hydroxylation is 1. The maximum Gasteiger partial charge on any atom is 0.217 e. The molecule has 1 amide bonds. The van der Waals surface area contributed by atoms with Gasteiger partial charge in [-0.15, -0.1) is 11.3 Å². The molecule has 0 fully saturated rings. The quantitative estimate of drug-likeness (QED) is 0.849. The highest BCUT2D eigenvalue weighted by Gasteiger charge is 2.13. The molecular weight excluding hydrogens is 222 g/mol. The van der Waals surface area contributed by atoms with Crippen LogP contribution in [0.3, 0.4) is 0 Å². The maximum atomic E-state index is 10.8. The molecule has 0 spiro atoms. The van der Waals surface area contributed by atoms with Crippen LogP contribution in [0.2, 0.25) is 0 Å². The Balaban J connectivity index is 2.29. The van der Waals surface area contributed by atoms with Crippen LogP contribution in [0, 0.1) is 6.92 Å². The molecule has 0 aliphatic carbocycles. The summed E-state index contributed by atoms with van der Waals surface area (Å²) in [5.41, 5.74) is 8.19. The summed E-state index contributed by atoms with van der Waals surface area (Å²) in [4.78, 5) is 11.9. The Morgan fingerprint density at radius 1 is 1.62 bits per heavy atom. The van der Waals surface area contributed by atoms with Crippen LogP contribution < -0.4 is 5.73 Å². The molecule has 0 aromatic carbocycles. The summed E-state index contributed by atoms with van der Waals surface area (Å²) in [6.45, 7) is 1.96. The van der Waals surface area contributed by atoms with Crippen LogP contribution in [0.5, 0.6) is 0 Å². The summed E-state index contributed by atoms with van der Waals surface area (Å²) in [6.07, 6.45) is 1.00. The highest BCUT2D eigenvalue weighted by Crippen LogP contribution is 2.28. The van der Waals surface area contributed by atoms with E-state index in [9.17, 15) is 4.79 Å². The summed E-state index contributed by atoms with van der Waals surface area (Å²) in [5, 5.41) is 9.23. The van der Waals surface area contributed by atoms with Crippen molar-refractivity contribution in [3.63, 3.8) is 0 Å². The molecule has 0 aliphatic rings. The van der Waals surface area contributed by atoms with Crippen LogP contribution >= 0.6 is 11.3 Å². The van der Waals surface area contributed by atoms with Gasteiger partial charge in [-0.3, -0.25) is 9.89 Å². The normalized spacial score (nSPS) is 10.6. The van der Waals surface area contributed by atoms with E-state index in [2.05, 4.69) is 10.2 Å². The largest absolute Gasteiger partial charge is 0.370 e. The molecule has 16 heavy (non-hydrogen) atoms. The van der Waals surface area contributed by atoms with Crippen LogP contribution in [-0.2, 0) is 11.2 Å². The van der Waals surface area contributed by atoms with Gasteiger partial charge in [-0.25, -0.2) is 0 Å². The van der Waals surface area contributed by atoms with Gasteiger partial charge < -0.3 is 5.73 Å². The summed E-state index contributed by atoms with van der Waals surface area (Å²) in [5.74, 6) is -0.280. The lowest BCUT2D eigenvalue weighted by molar-refractivity contribution is -0.117. The first-order chi connectivity index (χ1) is 7.68. The number of aromatic amines is 1. The lowest BCUT2D eigenvalue weighted by Crippen LogP contribution is -2.11. The van der Waals surface area contributed by atoms with Crippen molar-refractivity contribution >= 4 is 17.2 Å². The fourth-order valence-electron chi connectivity index (χ4n) is 1.62. The van der Waals surface area contributed by atoms with E-state index in [0.29, 0.717) is 12.8 Å². The van der Waals surface area contributed by atoms with Crippen LogP contribution in [0.4, 0.5) is 0 Å². The second kappa shape index (κ2) is 4.49. The van der Waals surface area contributed by atoms with Gasteiger partial charge in [0.15, 0.2) is 0 Å². The van der Waals surface area contributed by atoms with E-state index >= 15 is 0 Å². The predicted octanol–water partition coefficient (Wildman–Crippen LogP) is 1.86. The van der Waals surface area contributed by atoms with Crippen LogP contribution in [0.1, 0.15) is 17.7 Å². The van der Waals surface area contributed by atoms with Crippen molar-refractivity contribution < 1.29 is 4.79 Å². The number of primary amides is 1. The van der Waals surface area contributed by atoms with Gasteiger partial charge in [-0.1, -0.05) is 6.07 Å². The third-order valence-corrected chi connectivity index (χ3v) is 3.33. The summed E-state index contributed by atoms with van der Waals surface area (Å²) in [7, 11) is 0. The minimum atomic E-state index is -0.280. The average molecular weight is 235 g/mol. The molecule has 2 heterocycles. The minimum absolute atomic E-state index is 0.280. The Hall–Kier alpha value is -1.62. The van der Waals surface area contributed by atoms with Gasteiger partial charge in [0.1, 0.15) is 5.69 Å². The number of carbonyl (C=O) groups is 1. The van der Waals surface area contributed by atoms with Gasteiger partial charge in [0.2, 0.25) is 5.91 Å². The molecule has 0 bridgehead atoms.